The van der Waals surface area contributed by atoms with E-state index in [0.29, 0.717) is 6.61 Å². The van der Waals surface area contributed by atoms with E-state index in [-0.39, 0.29) is 12.1 Å². The van der Waals surface area contributed by atoms with Crippen molar-refractivity contribution < 1.29 is 14.2 Å². The summed E-state index contributed by atoms with van der Waals surface area (Å²) in [6.07, 6.45) is -0.211. The molecule has 2 N–H and O–H groups in total. The average molecular weight is 271 g/mol. The van der Waals surface area contributed by atoms with Gasteiger partial charge < -0.3 is 19.9 Å². The van der Waals surface area contributed by atoms with Crippen molar-refractivity contribution >= 4 is 0 Å². The molecule has 0 radical (unpaired) electrons. The lowest BCUT2D eigenvalue weighted by Crippen LogP contribution is -2.40. The first kappa shape index (κ1) is 12.8. The fourth-order valence-electron chi connectivity index (χ4n) is 2.32. The van der Waals surface area contributed by atoms with E-state index >= 15 is 0 Å². The summed E-state index contributed by atoms with van der Waals surface area (Å²) in [7, 11) is 1.63. The number of rotatable bonds is 3. The molecule has 2 unspecified atom stereocenters. The minimum Gasteiger partial charge on any atom is -0.497 e. The van der Waals surface area contributed by atoms with Gasteiger partial charge in [-0.15, -0.1) is 0 Å². The van der Waals surface area contributed by atoms with Crippen molar-refractivity contribution in [3.8, 4) is 17.2 Å². The van der Waals surface area contributed by atoms with Crippen LogP contribution in [0, 0.1) is 0 Å². The Labute approximate surface area is 118 Å². The molecule has 1 aliphatic rings. The standard InChI is InChI=1S/C16H17NO3/c1-18-11-5-4-6-12(9-11)20-15-10-19-14-8-3-2-7-13(14)16(15)17/h2-9,15-16H,10,17H2,1H3. The number of ether oxygens (including phenoxy) is 3. The molecular formula is C16H17NO3. The molecule has 0 bridgehead atoms. The number of para-hydroxylation sites is 1. The Bertz CT molecular complexity index is 600. The van der Waals surface area contributed by atoms with Gasteiger partial charge >= 0.3 is 0 Å². The average Bonchev–Trinajstić information content (AvgIpc) is 2.50. The number of nitrogens with two attached hydrogens (primary N) is 1. The highest BCUT2D eigenvalue weighted by Crippen LogP contribution is 2.32. The highest BCUT2D eigenvalue weighted by atomic mass is 16.5. The van der Waals surface area contributed by atoms with Crippen LogP contribution in [0.4, 0.5) is 0 Å². The van der Waals surface area contributed by atoms with Gasteiger partial charge in [-0.25, -0.2) is 0 Å². The maximum Gasteiger partial charge on any atom is 0.152 e. The van der Waals surface area contributed by atoms with E-state index in [1.807, 2.05) is 48.5 Å². The van der Waals surface area contributed by atoms with Crippen molar-refractivity contribution in [2.45, 2.75) is 12.1 Å². The first-order chi connectivity index (χ1) is 9.78. The van der Waals surface area contributed by atoms with Crippen molar-refractivity contribution in [1.29, 1.82) is 0 Å². The van der Waals surface area contributed by atoms with Crippen LogP contribution >= 0.6 is 0 Å². The maximum absolute atomic E-state index is 6.27. The van der Waals surface area contributed by atoms with E-state index in [2.05, 4.69) is 0 Å². The summed E-state index contributed by atoms with van der Waals surface area (Å²) in [5.41, 5.74) is 7.25. The zero-order chi connectivity index (χ0) is 13.9. The highest BCUT2D eigenvalue weighted by Gasteiger charge is 2.29. The number of hydrogen-bond acceptors (Lipinski definition) is 4. The van der Waals surface area contributed by atoms with Crippen LogP contribution in [0.2, 0.25) is 0 Å². The number of methoxy groups -OCH3 is 1. The number of fused-ring (bicyclic) bond motifs is 1. The number of benzene rings is 2. The molecule has 3 rings (SSSR count). The molecule has 20 heavy (non-hydrogen) atoms. The molecule has 2 atom stereocenters. The van der Waals surface area contributed by atoms with Gasteiger partial charge in [0.05, 0.1) is 13.2 Å². The Hall–Kier alpha value is -2.20. The van der Waals surface area contributed by atoms with Crippen LogP contribution in [0.25, 0.3) is 0 Å². The van der Waals surface area contributed by atoms with Crippen LogP contribution < -0.4 is 19.9 Å². The van der Waals surface area contributed by atoms with Crippen molar-refractivity contribution in [1.82, 2.24) is 0 Å². The van der Waals surface area contributed by atoms with Crippen LogP contribution in [-0.4, -0.2) is 19.8 Å². The molecular weight excluding hydrogens is 254 g/mol. The summed E-state index contributed by atoms with van der Waals surface area (Å²) in [4.78, 5) is 0. The lowest BCUT2D eigenvalue weighted by Gasteiger charge is -2.31. The fourth-order valence-corrected chi connectivity index (χ4v) is 2.32. The quantitative estimate of drug-likeness (QED) is 0.932. The monoisotopic (exact) mass is 271 g/mol. The van der Waals surface area contributed by atoms with Gasteiger partial charge in [0.15, 0.2) is 6.10 Å². The lowest BCUT2D eigenvalue weighted by molar-refractivity contribution is 0.0876. The molecule has 2 aromatic rings. The first-order valence-electron chi connectivity index (χ1n) is 6.56. The Morgan fingerprint density at radius 2 is 1.90 bits per heavy atom. The first-order valence-corrected chi connectivity index (χ1v) is 6.56. The molecule has 0 amide bonds. The molecule has 0 saturated heterocycles. The van der Waals surface area contributed by atoms with Crippen molar-refractivity contribution in [2.24, 2.45) is 5.73 Å². The molecule has 104 valence electrons. The second-order valence-electron chi connectivity index (χ2n) is 4.71. The molecule has 4 nitrogen and oxygen atoms in total. The predicted molar refractivity (Wildman–Crippen MR) is 76.3 cm³/mol. The minimum absolute atomic E-state index is 0.203. The van der Waals surface area contributed by atoms with E-state index < -0.39 is 0 Å². The topological polar surface area (TPSA) is 53.7 Å². The second kappa shape index (κ2) is 5.43. The van der Waals surface area contributed by atoms with Crippen LogP contribution in [0.15, 0.2) is 48.5 Å². The van der Waals surface area contributed by atoms with Crippen LogP contribution in [0.3, 0.4) is 0 Å². The summed E-state index contributed by atoms with van der Waals surface area (Å²) in [5, 5.41) is 0. The summed E-state index contributed by atoms with van der Waals surface area (Å²) in [5.74, 6) is 2.33. The van der Waals surface area contributed by atoms with Gasteiger partial charge in [-0.3, -0.25) is 0 Å². The van der Waals surface area contributed by atoms with Gasteiger partial charge in [0.1, 0.15) is 23.9 Å². The maximum atomic E-state index is 6.27. The Morgan fingerprint density at radius 1 is 1.10 bits per heavy atom. The van der Waals surface area contributed by atoms with E-state index in [4.69, 9.17) is 19.9 Å². The van der Waals surface area contributed by atoms with Gasteiger partial charge in [-0.05, 0) is 18.2 Å². The van der Waals surface area contributed by atoms with Crippen molar-refractivity contribution in [3.63, 3.8) is 0 Å². The van der Waals surface area contributed by atoms with Gasteiger partial charge in [-0.2, -0.15) is 0 Å². The second-order valence-corrected chi connectivity index (χ2v) is 4.71. The molecule has 0 spiro atoms. The molecule has 1 aliphatic heterocycles. The summed E-state index contributed by atoms with van der Waals surface area (Å²) in [6.45, 7) is 0.440. The van der Waals surface area contributed by atoms with Crippen LogP contribution in [0.5, 0.6) is 17.2 Å². The molecule has 1 heterocycles. The van der Waals surface area contributed by atoms with E-state index in [0.717, 1.165) is 22.8 Å². The lowest BCUT2D eigenvalue weighted by atomic mass is 9.99. The largest absolute Gasteiger partial charge is 0.497 e. The van der Waals surface area contributed by atoms with E-state index in [9.17, 15) is 0 Å². The molecule has 0 fully saturated rings. The molecule has 0 saturated carbocycles. The zero-order valence-corrected chi connectivity index (χ0v) is 11.3. The van der Waals surface area contributed by atoms with Crippen LogP contribution in [-0.2, 0) is 0 Å². The van der Waals surface area contributed by atoms with Gasteiger partial charge in [0.2, 0.25) is 0 Å². The van der Waals surface area contributed by atoms with Gasteiger partial charge in [0, 0.05) is 11.6 Å². The SMILES string of the molecule is COc1cccc(OC2COc3ccccc3C2N)c1. The molecule has 0 aliphatic carbocycles. The van der Waals surface area contributed by atoms with Crippen molar-refractivity contribution in [3.05, 3.63) is 54.1 Å². The smallest absolute Gasteiger partial charge is 0.152 e. The predicted octanol–water partition coefficient (Wildman–Crippen LogP) is 2.54. The Kier molecular flexibility index (Phi) is 3.48. The van der Waals surface area contributed by atoms with Crippen LogP contribution in [0.1, 0.15) is 11.6 Å². The normalized spacial score (nSPS) is 20.7. The highest BCUT2D eigenvalue weighted by molar-refractivity contribution is 5.39. The van der Waals surface area contributed by atoms with Gasteiger partial charge in [-0.1, -0.05) is 24.3 Å². The molecule has 0 aromatic heterocycles. The van der Waals surface area contributed by atoms with Gasteiger partial charge in [0.25, 0.3) is 0 Å². The number of hydrogen-bond donors (Lipinski definition) is 1. The molecule has 2 aromatic carbocycles. The third-order valence-electron chi connectivity index (χ3n) is 3.41. The minimum atomic E-state index is -0.211. The fraction of sp³-hybridized carbons (Fsp3) is 0.250. The Morgan fingerprint density at radius 3 is 2.75 bits per heavy atom. The van der Waals surface area contributed by atoms with E-state index in [1.54, 1.807) is 7.11 Å². The third-order valence-corrected chi connectivity index (χ3v) is 3.41. The zero-order valence-electron chi connectivity index (χ0n) is 11.3. The van der Waals surface area contributed by atoms with Crippen molar-refractivity contribution in [2.75, 3.05) is 13.7 Å². The van der Waals surface area contributed by atoms with E-state index in [1.165, 1.54) is 0 Å². The summed E-state index contributed by atoms with van der Waals surface area (Å²) in [6, 6.07) is 15.1. The molecule has 4 heteroatoms. The summed E-state index contributed by atoms with van der Waals surface area (Å²) < 4.78 is 16.8. The Balaban J connectivity index is 1.79. The third kappa shape index (κ3) is 2.42. The summed E-state index contributed by atoms with van der Waals surface area (Å²) >= 11 is 0.